The van der Waals surface area contributed by atoms with Crippen LogP contribution in [-0.4, -0.2) is 5.97 Å². The molecule has 2 N–H and O–H groups in total. The van der Waals surface area contributed by atoms with Crippen LogP contribution in [0.4, 0.5) is 0 Å². The van der Waals surface area contributed by atoms with E-state index < -0.39 is 11.9 Å². The summed E-state index contributed by atoms with van der Waals surface area (Å²) in [5.74, 6) is 0.267. The fraction of sp³-hybridized carbons (Fsp3) is 0.0625. The number of rotatable bonds is 7. The Bertz CT molecular complexity index is 1660. The summed E-state index contributed by atoms with van der Waals surface area (Å²) in [6.07, 6.45) is 2.81. The number of nitriles is 1. The summed E-state index contributed by atoms with van der Waals surface area (Å²) >= 11 is 12.1. The minimum absolute atomic E-state index is 0.00911. The van der Waals surface area contributed by atoms with Crippen molar-refractivity contribution < 1.29 is 19.0 Å². The summed E-state index contributed by atoms with van der Waals surface area (Å²) in [6, 6.07) is 29.5. The lowest BCUT2D eigenvalue weighted by Crippen LogP contribution is -2.21. The van der Waals surface area contributed by atoms with Crippen LogP contribution in [-0.2, 0) is 11.4 Å². The first-order valence-electron chi connectivity index (χ1n) is 12.2. The Balaban J connectivity index is 1.33. The largest absolute Gasteiger partial charge is 0.489 e. The third-order valence-electron chi connectivity index (χ3n) is 6.23. The van der Waals surface area contributed by atoms with Crippen LogP contribution in [0.5, 0.6) is 17.2 Å². The quantitative estimate of drug-likeness (QED) is 0.142. The number of ether oxygens (including phenoxy) is 3. The molecule has 0 fully saturated rings. The summed E-state index contributed by atoms with van der Waals surface area (Å²) in [4.78, 5) is 12.4. The molecule has 4 aromatic rings. The van der Waals surface area contributed by atoms with Crippen LogP contribution in [0.2, 0.25) is 10.0 Å². The molecular formula is C32H22Cl2N2O4. The second-order valence-electron chi connectivity index (χ2n) is 8.89. The molecule has 1 atom stereocenters. The van der Waals surface area contributed by atoms with E-state index in [9.17, 15) is 10.1 Å². The molecule has 1 aliphatic heterocycles. The standard InChI is InChI=1S/C32H22Cl2N2O4/c33-23-10-6-21(28(34)16-23)9-15-30(37)39-25-13-14-26-29(17-25)40-32(36)27(18-35)31(26)22-7-11-24(12-8-22)38-19-20-4-2-1-3-5-20/h1-17,31H,19,36H2/b15-9+. The molecule has 4 aromatic carbocycles. The molecule has 0 amide bonds. The minimum Gasteiger partial charge on any atom is -0.489 e. The van der Waals surface area contributed by atoms with Crippen molar-refractivity contribution in [2.24, 2.45) is 5.73 Å². The summed E-state index contributed by atoms with van der Waals surface area (Å²) in [5, 5.41) is 10.8. The average Bonchev–Trinajstić information content (AvgIpc) is 2.95. The molecule has 0 aromatic heterocycles. The van der Waals surface area contributed by atoms with Crippen molar-refractivity contribution in [3.05, 3.63) is 141 Å². The Kier molecular flexibility index (Phi) is 8.07. The number of benzene rings is 4. The number of carbonyl (C=O) groups excluding carboxylic acids is 1. The van der Waals surface area contributed by atoms with Gasteiger partial charge in [-0.05, 0) is 53.1 Å². The first-order chi connectivity index (χ1) is 19.4. The van der Waals surface area contributed by atoms with E-state index in [4.69, 9.17) is 43.1 Å². The van der Waals surface area contributed by atoms with E-state index in [1.807, 2.05) is 54.6 Å². The Morgan fingerprint density at radius 1 is 0.975 bits per heavy atom. The van der Waals surface area contributed by atoms with Gasteiger partial charge in [-0.2, -0.15) is 5.26 Å². The smallest absolute Gasteiger partial charge is 0.336 e. The molecule has 40 heavy (non-hydrogen) atoms. The summed E-state index contributed by atoms with van der Waals surface area (Å²) in [6.45, 7) is 0.444. The summed E-state index contributed by atoms with van der Waals surface area (Å²) in [7, 11) is 0. The van der Waals surface area contributed by atoms with E-state index in [1.54, 1.807) is 42.5 Å². The number of esters is 1. The zero-order chi connectivity index (χ0) is 28.1. The number of carbonyl (C=O) groups is 1. The highest BCUT2D eigenvalue weighted by Crippen LogP contribution is 2.43. The molecule has 8 heteroatoms. The summed E-state index contributed by atoms with van der Waals surface area (Å²) in [5.41, 5.74) is 9.66. The number of halogens is 2. The molecule has 6 nitrogen and oxygen atoms in total. The lowest BCUT2D eigenvalue weighted by Gasteiger charge is -2.26. The molecule has 1 heterocycles. The maximum atomic E-state index is 12.4. The van der Waals surface area contributed by atoms with E-state index in [-0.39, 0.29) is 17.2 Å². The molecule has 0 bridgehead atoms. The zero-order valence-corrected chi connectivity index (χ0v) is 22.5. The van der Waals surface area contributed by atoms with E-state index in [2.05, 4.69) is 6.07 Å². The normalized spacial score (nSPS) is 14.3. The predicted molar refractivity (Wildman–Crippen MR) is 154 cm³/mol. The van der Waals surface area contributed by atoms with Gasteiger partial charge in [0.15, 0.2) is 0 Å². The van der Waals surface area contributed by atoms with Crippen LogP contribution in [0.3, 0.4) is 0 Å². The molecule has 1 aliphatic rings. The van der Waals surface area contributed by atoms with Gasteiger partial charge in [-0.15, -0.1) is 0 Å². The van der Waals surface area contributed by atoms with Gasteiger partial charge in [0.2, 0.25) is 5.88 Å². The van der Waals surface area contributed by atoms with Crippen LogP contribution in [0, 0.1) is 11.3 Å². The number of nitrogens with two attached hydrogens (primary N) is 1. The SMILES string of the molecule is N#CC1=C(N)Oc2cc(OC(=O)/C=C/c3ccc(Cl)cc3Cl)ccc2C1c1ccc(OCc2ccccc2)cc1. The highest BCUT2D eigenvalue weighted by Gasteiger charge is 2.31. The van der Waals surface area contributed by atoms with Crippen LogP contribution in [0.15, 0.2) is 109 Å². The molecule has 1 unspecified atom stereocenters. The Hall–Kier alpha value is -4.70. The molecule has 0 spiro atoms. The monoisotopic (exact) mass is 568 g/mol. The van der Waals surface area contributed by atoms with Crippen LogP contribution >= 0.6 is 23.2 Å². The molecule has 0 saturated heterocycles. The molecular weight excluding hydrogens is 547 g/mol. The van der Waals surface area contributed by atoms with Gasteiger partial charge < -0.3 is 19.9 Å². The van der Waals surface area contributed by atoms with Gasteiger partial charge in [0.05, 0.1) is 5.92 Å². The highest BCUT2D eigenvalue weighted by molar-refractivity contribution is 6.35. The topological polar surface area (TPSA) is 94.6 Å². The van der Waals surface area contributed by atoms with Gasteiger partial charge in [0.1, 0.15) is 35.5 Å². The number of nitrogens with zero attached hydrogens (tertiary/aromatic N) is 1. The predicted octanol–water partition coefficient (Wildman–Crippen LogP) is 7.41. The molecule has 0 saturated carbocycles. The third-order valence-corrected chi connectivity index (χ3v) is 6.79. The maximum absolute atomic E-state index is 12.4. The first-order valence-corrected chi connectivity index (χ1v) is 13.0. The van der Waals surface area contributed by atoms with Gasteiger partial charge in [-0.3, -0.25) is 0 Å². The zero-order valence-electron chi connectivity index (χ0n) is 21.0. The maximum Gasteiger partial charge on any atom is 0.336 e. The van der Waals surface area contributed by atoms with E-state index in [0.29, 0.717) is 39.3 Å². The number of hydrogen-bond acceptors (Lipinski definition) is 6. The average molecular weight is 569 g/mol. The van der Waals surface area contributed by atoms with Crippen molar-refractivity contribution in [2.45, 2.75) is 12.5 Å². The van der Waals surface area contributed by atoms with Crippen molar-refractivity contribution in [1.82, 2.24) is 0 Å². The molecule has 198 valence electrons. The lowest BCUT2D eigenvalue weighted by atomic mass is 9.83. The van der Waals surface area contributed by atoms with Crippen molar-refractivity contribution in [3.63, 3.8) is 0 Å². The number of fused-ring (bicyclic) bond motifs is 1. The Morgan fingerprint density at radius 2 is 1.73 bits per heavy atom. The van der Waals surface area contributed by atoms with Crippen molar-refractivity contribution in [2.75, 3.05) is 0 Å². The van der Waals surface area contributed by atoms with E-state index in [0.717, 1.165) is 11.1 Å². The van der Waals surface area contributed by atoms with Crippen LogP contribution < -0.4 is 19.9 Å². The van der Waals surface area contributed by atoms with Gasteiger partial charge in [-0.25, -0.2) is 4.79 Å². The first kappa shape index (κ1) is 26.9. The Morgan fingerprint density at radius 3 is 2.45 bits per heavy atom. The molecule has 5 rings (SSSR count). The fourth-order valence-corrected chi connectivity index (χ4v) is 4.76. The summed E-state index contributed by atoms with van der Waals surface area (Å²) < 4.78 is 17.1. The number of allylic oxidation sites excluding steroid dienone is 1. The Labute approximate surface area is 241 Å². The fourth-order valence-electron chi connectivity index (χ4n) is 4.28. The third kappa shape index (κ3) is 6.13. The lowest BCUT2D eigenvalue weighted by molar-refractivity contribution is -0.128. The molecule has 0 aliphatic carbocycles. The molecule has 0 radical (unpaired) electrons. The second kappa shape index (κ2) is 12.0. The van der Waals surface area contributed by atoms with Crippen molar-refractivity contribution in [3.8, 4) is 23.3 Å². The second-order valence-corrected chi connectivity index (χ2v) is 9.73. The van der Waals surface area contributed by atoms with Gasteiger partial charge >= 0.3 is 5.97 Å². The van der Waals surface area contributed by atoms with E-state index >= 15 is 0 Å². The van der Waals surface area contributed by atoms with Gasteiger partial charge in [-0.1, -0.05) is 77.8 Å². The van der Waals surface area contributed by atoms with E-state index in [1.165, 1.54) is 6.08 Å². The van der Waals surface area contributed by atoms with Crippen molar-refractivity contribution >= 4 is 35.2 Å². The number of hydrogen-bond donors (Lipinski definition) is 1. The van der Waals surface area contributed by atoms with Gasteiger partial charge in [0.25, 0.3) is 0 Å². The van der Waals surface area contributed by atoms with Crippen LogP contribution in [0.1, 0.15) is 28.2 Å². The van der Waals surface area contributed by atoms with Gasteiger partial charge in [0, 0.05) is 27.8 Å². The highest BCUT2D eigenvalue weighted by atomic mass is 35.5. The minimum atomic E-state index is -0.606. The van der Waals surface area contributed by atoms with Crippen molar-refractivity contribution in [1.29, 1.82) is 5.26 Å². The van der Waals surface area contributed by atoms with Crippen LogP contribution in [0.25, 0.3) is 6.08 Å².